The van der Waals surface area contributed by atoms with Gasteiger partial charge in [0.25, 0.3) is 0 Å². The van der Waals surface area contributed by atoms with Crippen molar-refractivity contribution >= 4 is 17.8 Å². The molecule has 2 rings (SSSR count). The number of carboxylic acids is 1. The predicted octanol–water partition coefficient (Wildman–Crippen LogP) is 1.76. The summed E-state index contributed by atoms with van der Waals surface area (Å²) in [5.41, 5.74) is 1.90. The summed E-state index contributed by atoms with van der Waals surface area (Å²) in [6.45, 7) is 6.53. The van der Waals surface area contributed by atoms with E-state index >= 15 is 0 Å². The zero-order valence-corrected chi connectivity index (χ0v) is 13.8. The van der Waals surface area contributed by atoms with Crippen LogP contribution < -0.4 is 10.6 Å². The molecule has 0 unspecified atom stereocenters. The summed E-state index contributed by atoms with van der Waals surface area (Å²) in [6.07, 6.45) is 1.55. The molecule has 2 amide bonds. The minimum absolute atomic E-state index is 0.0482. The Bertz CT molecular complexity index is 564. The summed E-state index contributed by atoms with van der Waals surface area (Å²) in [4.78, 5) is 29.0. The summed E-state index contributed by atoms with van der Waals surface area (Å²) in [6, 6.07) is 3.80. The number of hydrogen-bond acceptors (Lipinski definition) is 4. The molecule has 7 nitrogen and oxygen atoms in total. The monoisotopic (exact) mass is 320 g/mol. The maximum atomic E-state index is 12.0. The molecule has 0 saturated heterocycles. The van der Waals surface area contributed by atoms with Crippen molar-refractivity contribution in [2.45, 2.75) is 45.7 Å². The summed E-state index contributed by atoms with van der Waals surface area (Å²) in [5, 5.41) is 14.5. The third kappa shape index (κ3) is 4.92. The molecule has 23 heavy (non-hydrogen) atoms. The van der Waals surface area contributed by atoms with Gasteiger partial charge in [0.15, 0.2) is 0 Å². The second-order valence-corrected chi connectivity index (χ2v) is 6.05. The van der Waals surface area contributed by atoms with E-state index in [1.807, 2.05) is 37.8 Å². The molecule has 1 saturated carbocycles. The van der Waals surface area contributed by atoms with Gasteiger partial charge in [-0.3, -0.25) is 15.0 Å². The van der Waals surface area contributed by atoms with E-state index in [0.717, 1.165) is 24.1 Å². The number of urea groups is 1. The highest BCUT2D eigenvalue weighted by molar-refractivity contribution is 5.88. The van der Waals surface area contributed by atoms with Crippen LogP contribution in [0.25, 0.3) is 0 Å². The molecule has 0 atom stereocenters. The van der Waals surface area contributed by atoms with Crippen LogP contribution in [0.5, 0.6) is 0 Å². The summed E-state index contributed by atoms with van der Waals surface area (Å²) >= 11 is 0. The van der Waals surface area contributed by atoms with Crippen molar-refractivity contribution in [3.8, 4) is 0 Å². The molecule has 0 aliphatic heterocycles. The second kappa shape index (κ2) is 7.41. The van der Waals surface area contributed by atoms with Gasteiger partial charge in [-0.15, -0.1) is 0 Å². The Morgan fingerprint density at radius 1 is 1.35 bits per heavy atom. The minimum atomic E-state index is -0.818. The first kappa shape index (κ1) is 17.2. The molecule has 7 heteroatoms. The van der Waals surface area contributed by atoms with Gasteiger partial charge in [-0.2, -0.15) is 0 Å². The Labute approximate surface area is 136 Å². The van der Waals surface area contributed by atoms with E-state index in [0.29, 0.717) is 12.4 Å². The lowest BCUT2D eigenvalue weighted by molar-refractivity contribution is -0.139. The van der Waals surface area contributed by atoms with Crippen LogP contribution in [0.2, 0.25) is 0 Å². The smallest absolute Gasteiger partial charge is 0.320 e. The molecule has 126 valence electrons. The lowest BCUT2D eigenvalue weighted by Gasteiger charge is -2.42. The molecule has 1 heterocycles. The molecule has 0 radical (unpaired) electrons. The van der Waals surface area contributed by atoms with Crippen molar-refractivity contribution in [2.75, 3.05) is 18.4 Å². The van der Waals surface area contributed by atoms with Crippen LogP contribution in [-0.2, 0) is 4.79 Å². The van der Waals surface area contributed by atoms with Crippen molar-refractivity contribution in [3.05, 3.63) is 23.4 Å². The van der Waals surface area contributed by atoms with Crippen LogP contribution in [0.3, 0.4) is 0 Å². The van der Waals surface area contributed by atoms with Crippen molar-refractivity contribution in [1.29, 1.82) is 0 Å². The number of amides is 2. The Morgan fingerprint density at radius 3 is 2.61 bits per heavy atom. The Hall–Kier alpha value is -2.15. The van der Waals surface area contributed by atoms with Crippen molar-refractivity contribution in [2.24, 2.45) is 0 Å². The molecule has 1 aromatic rings. The summed E-state index contributed by atoms with van der Waals surface area (Å²) in [5.74, 6) is -0.279. The van der Waals surface area contributed by atoms with Gasteiger partial charge in [0.2, 0.25) is 0 Å². The third-order valence-electron chi connectivity index (χ3n) is 4.05. The topological polar surface area (TPSA) is 94.6 Å². The quantitative estimate of drug-likeness (QED) is 0.742. The van der Waals surface area contributed by atoms with Crippen molar-refractivity contribution in [3.63, 3.8) is 0 Å². The fourth-order valence-corrected chi connectivity index (χ4v) is 2.92. The molecule has 0 aromatic carbocycles. The van der Waals surface area contributed by atoms with E-state index in [4.69, 9.17) is 5.11 Å². The number of carboxylic acid groups (broad SMARTS) is 1. The third-order valence-corrected chi connectivity index (χ3v) is 4.05. The van der Waals surface area contributed by atoms with Crippen LogP contribution in [0, 0.1) is 13.8 Å². The first-order valence-electron chi connectivity index (χ1n) is 7.86. The Kier molecular flexibility index (Phi) is 5.54. The maximum absolute atomic E-state index is 12.0. The molecular weight excluding hydrogens is 296 g/mol. The van der Waals surface area contributed by atoms with Crippen LogP contribution in [0.4, 0.5) is 10.6 Å². The number of aromatic nitrogens is 1. The second-order valence-electron chi connectivity index (χ2n) is 6.05. The molecule has 1 aliphatic carbocycles. The Morgan fingerprint density at radius 2 is 2.04 bits per heavy atom. The zero-order valence-electron chi connectivity index (χ0n) is 13.8. The van der Waals surface area contributed by atoms with Crippen LogP contribution in [-0.4, -0.2) is 52.2 Å². The normalized spacial score (nSPS) is 20.0. The number of carbonyl (C=O) groups excluding carboxylic acids is 1. The van der Waals surface area contributed by atoms with Gasteiger partial charge in [-0.25, -0.2) is 9.78 Å². The van der Waals surface area contributed by atoms with E-state index in [2.05, 4.69) is 15.6 Å². The molecule has 1 fully saturated rings. The average Bonchev–Trinajstić information content (AvgIpc) is 2.38. The maximum Gasteiger partial charge on any atom is 0.320 e. The summed E-state index contributed by atoms with van der Waals surface area (Å²) in [7, 11) is 0. The number of carbonyl (C=O) groups is 2. The van der Waals surface area contributed by atoms with Crippen molar-refractivity contribution < 1.29 is 14.7 Å². The molecule has 1 aromatic heterocycles. The standard InChI is InChI=1S/C16H24N4O3/c1-4-20(9-15(21)22)13-7-12(8-13)18-16(23)19-14-6-10(2)5-11(3)17-14/h5-6,12-13H,4,7-9H2,1-3H3,(H,21,22)(H2,17,18,19,23). The van der Waals surface area contributed by atoms with E-state index in [1.165, 1.54) is 0 Å². The minimum Gasteiger partial charge on any atom is -0.480 e. The van der Waals surface area contributed by atoms with Crippen LogP contribution >= 0.6 is 0 Å². The highest BCUT2D eigenvalue weighted by Gasteiger charge is 2.34. The van der Waals surface area contributed by atoms with E-state index in [1.54, 1.807) is 0 Å². The average molecular weight is 320 g/mol. The fourth-order valence-electron chi connectivity index (χ4n) is 2.92. The summed E-state index contributed by atoms with van der Waals surface area (Å²) < 4.78 is 0. The van der Waals surface area contributed by atoms with Gasteiger partial charge >= 0.3 is 12.0 Å². The number of likely N-dealkylation sites (N-methyl/N-ethyl adjacent to an activating group) is 1. The largest absolute Gasteiger partial charge is 0.480 e. The van der Waals surface area contributed by atoms with E-state index < -0.39 is 5.97 Å². The lowest BCUT2D eigenvalue weighted by Crippen LogP contribution is -2.55. The first-order chi connectivity index (χ1) is 10.9. The highest BCUT2D eigenvalue weighted by atomic mass is 16.4. The number of anilines is 1. The fraction of sp³-hybridized carbons (Fsp3) is 0.562. The van der Waals surface area contributed by atoms with Gasteiger partial charge in [-0.1, -0.05) is 6.92 Å². The van der Waals surface area contributed by atoms with Gasteiger partial charge in [0.05, 0.1) is 6.54 Å². The zero-order chi connectivity index (χ0) is 17.0. The highest BCUT2D eigenvalue weighted by Crippen LogP contribution is 2.25. The number of aliphatic carboxylic acids is 1. The number of nitrogens with one attached hydrogen (secondary N) is 2. The molecular formula is C16H24N4O3. The van der Waals surface area contributed by atoms with Crippen LogP contribution in [0.1, 0.15) is 31.0 Å². The molecule has 0 bridgehead atoms. The number of hydrogen-bond donors (Lipinski definition) is 3. The van der Waals surface area contributed by atoms with Crippen molar-refractivity contribution in [1.82, 2.24) is 15.2 Å². The van der Waals surface area contributed by atoms with Gasteiger partial charge < -0.3 is 10.4 Å². The SMILES string of the molecule is CCN(CC(=O)O)C1CC(NC(=O)Nc2cc(C)cc(C)n2)C1. The predicted molar refractivity (Wildman–Crippen MR) is 87.6 cm³/mol. The molecule has 3 N–H and O–H groups in total. The van der Waals surface area contributed by atoms with Gasteiger partial charge in [0, 0.05) is 17.8 Å². The number of rotatable bonds is 6. The first-order valence-corrected chi connectivity index (χ1v) is 7.86. The number of pyridine rings is 1. The van der Waals surface area contributed by atoms with Crippen LogP contribution in [0.15, 0.2) is 12.1 Å². The number of nitrogens with zero attached hydrogens (tertiary/aromatic N) is 2. The Balaban J connectivity index is 1.78. The molecule has 0 spiro atoms. The number of aryl methyl sites for hydroxylation is 2. The van der Waals surface area contributed by atoms with E-state index in [-0.39, 0.29) is 24.7 Å². The van der Waals surface area contributed by atoms with Gasteiger partial charge in [-0.05, 0) is 50.9 Å². The molecule has 1 aliphatic rings. The van der Waals surface area contributed by atoms with Gasteiger partial charge in [0.1, 0.15) is 5.82 Å². The van der Waals surface area contributed by atoms with E-state index in [9.17, 15) is 9.59 Å². The lowest BCUT2D eigenvalue weighted by atomic mass is 9.85.